The third-order valence-electron chi connectivity index (χ3n) is 6.03. The molecule has 0 aliphatic heterocycles. The Balaban J connectivity index is 1.81. The second kappa shape index (κ2) is 6.99. The Morgan fingerprint density at radius 2 is 1.57 bits per heavy atom. The van der Waals surface area contributed by atoms with E-state index in [2.05, 4.69) is 96.8 Å². The number of hydrogen-bond donors (Lipinski definition) is 0. The second-order valence-corrected chi connectivity index (χ2v) is 20.1. The van der Waals surface area contributed by atoms with Crippen LogP contribution in [-0.4, -0.2) is 18.3 Å². The number of rotatable bonds is 3. The summed E-state index contributed by atoms with van der Waals surface area (Å²) in [7, 11) is 0. The molecular weight excluding hydrogens is 427 g/mol. The van der Waals surface area contributed by atoms with E-state index in [0.29, 0.717) is 5.92 Å². The molecule has 0 atom stereocenters. The van der Waals surface area contributed by atoms with Crippen molar-refractivity contribution in [3.05, 3.63) is 72.4 Å². The zero-order valence-corrected chi connectivity index (χ0v) is 20.4. The first-order chi connectivity index (χ1) is 14.3. The third-order valence-corrected chi connectivity index (χ3v) is 10.3. The first kappa shape index (κ1) is 19.4. The molecule has 2 aromatic heterocycles. The Labute approximate surface area is 180 Å². The Bertz CT molecular complexity index is 1410. The van der Waals surface area contributed by atoms with E-state index in [-0.39, 0.29) is 0 Å². The molecular formula is C27H27GeNO. The molecule has 0 aliphatic rings. The van der Waals surface area contributed by atoms with E-state index in [1.165, 1.54) is 31.5 Å². The van der Waals surface area contributed by atoms with Crippen LogP contribution in [0, 0.1) is 0 Å². The standard InChI is InChI=1S/C27H27GeNO/c1-17(2)18-12-13-29-25(15-18)19-10-11-26-22(14-19)23-16-24(28(3,4)5)20-8-6-7-9-21(20)27(23)30-26/h6-17H,1-5H3. The van der Waals surface area contributed by atoms with Crippen LogP contribution in [0.4, 0.5) is 0 Å². The molecule has 5 aromatic rings. The van der Waals surface area contributed by atoms with Gasteiger partial charge in [-0.1, -0.05) is 0 Å². The maximum absolute atomic E-state index is 6.39. The van der Waals surface area contributed by atoms with Crippen LogP contribution in [0.15, 0.2) is 71.3 Å². The molecule has 30 heavy (non-hydrogen) atoms. The minimum absolute atomic E-state index is 0.484. The first-order valence-corrected chi connectivity index (χ1v) is 18.0. The monoisotopic (exact) mass is 455 g/mol. The fraction of sp³-hybridized carbons (Fsp3) is 0.222. The van der Waals surface area contributed by atoms with Crippen molar-refractivity contribution in [3.63, 3.8) is 0 Å². The van der Waals surface area contributed by atoms with Gasteiger partial charge in [-0.05, 0) is 0 Å². The molecule has 0 bridgehead atoms. The van der Waals surface area contributed by atoms with Gasteiger partial charge >= 0.3 is 180 Å². The van der Waals surface area contributed by atoms with Crippen LogP contribution >= 0.6 is 0 Å². The van der Waals surface area contributed by atoms with Crippen LogP contribution in [0.5, 0.6) is 0 Å². The van der Waals surface area contributed by atoms with Crippen LogP contribution in [0.25, 0.3) is 44.0 Å². The first-order valence-electron chi connectivity index (χ1n) is 10.7. The van der Waals surface area contributed by atoms with Gasteiger partial charge in [-0.3, -0.25) is 0 Å². The molecule has 3 heteroatoms. The molecule has 0 saturated heterocycles. The van der Waals surface area contributed by atoms with E-state index in [0.717, 1.165) is 22.4 Å². The molecule has 0 spiro atoms. The van der Waals surface area contributed by atoms with Crippen molar-refractivity contribution < 1.29 is 4.42 Å². The number of nitrogens with zero attached hydrogens (tertiary/aromatic N) is 1. The van der Waals surface area contributed by atoms with Crippen molar-refractivity contribution in [1.82, 2.24) is 4.98 Å². The number of furan rings is 1. The average Bonchev–Trinajstić information content (AvgIpc) is 3.10. The molecule has 0 saturated carbocycles. The summed E-state index contributed by atoms with van der Waals surface area (Å²) in [4.78, 5) is 4.65. The summed E-state index contributed by atoms with van der Waals surface area (Å²) in [5.41, 5.74) is 5.41. The number of benzene rings is 3. The molecule has 0 unspecified atom stereocenters. The molecule has 5 rings (SSSR count). The molecule has 0 aliphatic carbocycles. The Kier molecular flexibility index (Phi) is 4.51. The van der Waals surface area contributed by atoms with Crippen LogP contribution in [0.1, 0.15) is 25.3 Å². The number of aromatic nitrogens is 1. The summed E-state index contributed by atoms with van der Waals surface area (Å²) in [5.74, 6) is 7.87. The minimum atomic E-state index is -2.08. The number of fused-ring (bicyclic) bond motifs is 5. The van der Waals surface area contributed by atoms with E-state index in [1.54, 1.807) is 0 Å². The van der Waals surface area contributed by atoms with E-state index in [1.807, 2.05) is 6.20 Å². The van der Waals surface area contributed by atoms with Crippen molar-refractivity contribution in [2.45, 2.75) is 37.0 Å². The molecule has 2 heterocycles. The topological polar surface area (TPSA) is 26.0 Å². The van der Waals surface area contributed by atoms with Gasteiger partial charge in [0.15, 0.2) is 0 Å². The summed E-state index contributed by atoms with van der Waals surface area (Å²) < 4.78 is 7.92. The normalized spacial score (nSPS) is 12.5. The predicted octanol–water partition coefficient (Wildman–Crippen LogP) is 7.47. The van der Waals surface area contributed by atoms with Gasteiger partial charge in [-0.15, -0.1) is 0 Å². The molecule has 0 amide bonds. The van der Waals surface area contributed by atoms with Crippen molar-refractivity contribution in [3.8, 4) is 11.3 Å². The van der Waals surface area contributed by atoms with Gasteiger partial charge in [-0.25, -0.2) is 0 Å². The van der Waals surface area contributed by atoms with Gasteiger partial charge in [0.2, 0.25) is 0 Å². The van der Waals surface area contributed by atoms with E-state index < -0.39 is 13.3 Å². The summed E-state index contributed by atoms with van der Waals surface area (Å²) in [5, 5.41) is 4.98. The zero-order valence-electron chi connectivity index (χ0n) is 18.3. The van der Waals surface area contributed by atoms with Gasteiger partial charge in [0, 0.05) is 0 Å². The average molecular weight is 454 g/mol. The fourth-order valence-corrected chi connectivity index (χ4v) is 7.71. The van der Waals surface area contributed by atoms with E-state index >= 15 is 0 Å². The van der Waals surface area contributed by atoms with Crippen LogP contribution < -0.4 is 4.40 Å². The second-order valence-electron chi connectivity index (χ2n) is 9.54. The molecule has 0 N–H and O–H groups in total. The molecule has 0 radical (unpaired) electrons. The van der Waals surface area contributed by atoms with Crippen LogP contribution in [0.3, 0.4) is 0 Å². The van der Waals surface area contributed by atoms with Crippen molar-refractivity contribution in [2.24, 2.45) is 0 Å². The van der Waals surface area contributed by atoms with Crippen molar-refractivity contribution in [2.75, 3.05) is 0 Å². The Morgan fingerprint density at radius 3 is 2.30 bits per heavy atom. The maximum atomic E-state index is 6.39. The molecule has 150 valence electrons. The van der Waals surface area contributed by atoms with E-state index in [4.69, 9.17) is 4.42 Å². The molecule has 3 aromatic carbocycles. The Hall–Kier alpha value is -2.59. The SMILES string of the molecule is CC(C)c1ccnc(-c2ccc3oc4c5ccccc5[c]([Ge]([CH3])([CH3])[CH3])cc4c3c2)c1. The van der Waals surface area contributed by atoms with E-state index in [9.17, 15) is 0 Å². The molecule has 0 fully saturated rings. The van der Waals surface area contributed by atoms with Crippen molar-refractivity contribution >= 4 is 50.4 Å². The van der Waals surface area contributed by atoms with Crippen molar-refractivity contribution in [1.29, 1.82) is 0 Å². The number of pyridine rings is 1. The third kappa shape index (κ3) is 3.14. The Morgan fingerprint density at radius 1 is 0.800 bits per heavy atom. The fourth-order valence-electron chi connectivity index (χ4n) is 4.34. The number of hydrogen-bond acceptors (Lipinski definition) is 2. The zero-order chi connectivity index (χ0) is 21.0. The van der Waals surface area contributed by atoms with Gasteiger partial charge in [0.1, 0.15) is 0 Å². The summed E-state index contributed by atoms with van der Waals surface area (Å²) >= 11 is -2.08. The van der Waals surface area contributed by atoms with Gasteiger partial charge in [-0.2, -0.15) is 0 Å². The van der Waals surface area contributed by atoms with Gasteiger partial charge in [0.05, 0.1) is 0 Å². The van der Waals surface area contributed by atoms with Gasteiger partial charge < -0.3 is 0 Å². The van der Waals surface area contributed by atoms with Crippen LogP contribution in [-0.2, 0) is 0 Å². The van der Waals surface area contributed by atoms with Gasteiger partial charge in [0.25, 0.3) is 0 Å². The summed E-state index contributed by atoms with van der Waals surface area (Å²) in [6.07, 6.45) is 1.92. The quantitative estimate of drug-likeness (QED) is 0.265. The molecule has 2 nitrogen and oxygen atoms in total. The van der Waals surface area contributed by atoms with Crippen LogP contribution in [0.2, 0.25) is 17.3 Å². The summed E-state index contributed by atoms with van der Waals surface area (Å²) in [6, 6.07) is 21.9. The predicted molar refractivity (Wildman–Crippen MR) is 132 cm³/mol. The summed E-state index contributed by atoms with van der Waals surface area (Å²) in [6.45, 7) is 4.44.